The molecule has 0 bridgehead atoms. The van der Waals surface area contributed by atoms with Gasteiger partial charge in [0.05, 0.1) is 11.4 Å². The lowest BCUT2D eigenvalue weighted by atomic mass is 10.2. The molecule has 1 aromatic heterocycles. The molecule has 0 atom stereocenters. The van der Waals surface area contributed by atoms with E-state index < -0.39 is 21.8 Å². The van der Waals surface area contributed by atoms with Crippen LogP contribution < -0.4 is 15.6 Å². The van der Waals surface area contributed by atoms with Gasteiger partial charge in [-0.05, 0) is 24.3 Å². The highest BCUT2D eigenvalue weighted by molar-refractivity contribution is 7.90. The Balaban J connectivity index is 1.53. The number of hydrogen-bond donors (Lipinski definition) is 3. The molecule has 1 aliphatic rings. The van der Waals surface area contributed by atoms with Gasteiger partial charge in [-0.15, -0.1) is 0 Å². The first-order valence-electron chi connectivity index (χ1n) is 7.63. The monoisotopic (exact) mass is 373 g/mol. The summed E-state index contributed by atoms with van der Waals surface area (Å²) in [5, 5.41) is 0. The molecule has 1 aliphatic heterocycles. The van der Waals surface area contributed by atoms with Crippen LogP contribution in [0.3, 0.4) is 0 Å². The van der Waals surface area contributed by atoms with Gasteiger partial charge < -0.3 is 0 Å². The van der Waals surface area contributed by atoms with Crippen molar-refractivity contribution in [1.29, 1.82) is 0 Å². The predicted octanol–water partition coefficient (Wildman–Crippen LogP) is -0.0286. The van der Waals surface area contributed by atoms with Gasteiger partial charge in [-0.1, -0.05) is 12.1 Å². The van der Waals surface area contributed by atoms with E-state index in [1.54, 1.807) is 18.2 Å². The summed E-state index contributed by atoms with van der Waals surface area (Å²) in [5.41, 5.74) is 5.38. The van der Waals surface area contributed by atoms with E-state index in [0.717, 1.165) is 0 Å². The molecule has 0 saturated carbocycles. The van der Waals surface area contributed by atoms with Crippen molar-refractivity contribution in [2.75, 3.05) is 6.54 Å². The predicted molar refractivity (Wildman–Crippen MR) is 92.6 cm³/mol. The number of amidine groups is 1. The van der Waals surface area contributed by atoms with Crippen molar-refractivity contribution < 1.29 is 18.0 Å². The minimum Gasteiger partial charge on any atom is -0.273 e. The minimum absolute atomic E-state index is 0.0238. The number of sulfonamides is 1. The number of carbonyl (C=O) groups is 2. The number of aliphatic imine (C=N–C) groups is 1. The fraction of sp³-hybridized carbons (Fsp3) is 0.125. The second kappa shape index (κ2) is 7.31. The molecule has 134 valence electrons. The van der Waals surface area contributed by atoms with Gasteiger partial charge in [0.15, 0.2) is 0 Å². The van der Waals surface area contributed by atoms with Gasteiger partial charge in [0, 0.05) is 29.9 Å². The van der Waals surface area contributed by atoms with Crippen molar-refractivity contribution in [1.82, 2.24) is 20.6 Å². The maximum absolute atomic E-state index is 11.9. The molecule has 2 aromatic rings. The standard InChI is InChI=1S/C16H15N5O4S/c22-14(19-20-16(23)11-5-8-17-9-6-11)7-10-18-15-12-3-1-2-4-13(12)26(24,25)21-15/h1-6,8-9H,7,10H2,(H,18,21)(H,19,22)(H,20,23). The van der Waals surface area contributed by atoms with Gasteiger partial charge in [0.1, 0.15) is 5.84 Å². The summed E-state index contributed by atoms with van der Waals surface area (Å²) >= 11 is 0. The molecule has 0 spiro atoms. The highest BCUT2D eigenvalue weighted by Gasteiger charge is 2.29. The third-order valence-electron chi connectivity index (χ3n) is 3.53. The summed E-state index contributed by atoms with van der Waals surface area (Å²) in [4.78, 5) is 31.6. The van der Waals surface area contributed by atoms with Gasteiger partial charge in [0.2, 0.25) is 5.91 Å². The molecule has 1 aromatic carbocycles. The summed E-state index contributed by atoms with van der Waals surface area (Å²) in [6, 6.07) is 9.48. The van der Waals surface area contributed by atoms with E-state index in [-0.39, 0.29) is 23.7 Å². The number of carbonyl (C=O) groups excluding carboxylic acids is 2. The third-order valence-corrected chi connectivity index (χ3v) is 4.93. The maximum atomic E-state index is 11.9. The molecular formula is C16H15N5O4S. The largest absolute Gasteiger partial charge is 0.273 e. The molecule has 26 heavy (non-hydrogen) atoms. The Morgan fingerprint density at radius 2 is 1.81 bits per heavy atom. The highest BCUT2D eigenvalue weighted by Crippen LogP contribution is 2.22. The first-order chi connectivity index (χ1) is 12.5. The fourth-order valence-electron chi connectivity index (χ4n) is 2.28. The van der Waals surface area contributed by atoms with Crippen LogP contribution in [-0.2, 0) is 14.8 Å². The average molecular weight is 373 g/mol. The Morgan fingerprint density at radius 1 is 1.08 bits per heavy atom. The molecule has 9 nitrogen and oxygen atoms in total. The Morgan fingerprint density at radius 3 is 2.58 bits per heavy atom. The number of nitrogens with zero attached hydrogens (tertiary/aromatic N) is 2. The van der Waals surface area contributed by atoms with Crippen LogP contribution in [-0.4, -0.2) is 37.6 Å². The number of nitrogens with one attached hydrogen (secondary N) is 3. The molecule has 2 amide bonds. The smallest absolute Gasteiger partial charge is 0.269 e. The second-order valence-electron chi connectivity index (χ2n) is 5.32. The Hall–Kier alpha value is -3.27. The van der Waals surface area contributed by atoms with Crippen molar-refractivity contribution in [2.45, 2.75) is 11.3 Å². The van der Waals surface area contributed by atoms with Crippen LogP contribution in [0.5, 0.6) is 0 Å². The molecule has 0 fully saturated rings. The molecule has 2 heterocycles. The first kappa shape index (κ1) is 17.5. The van der Waals surface area contributed by atoms with Crippen LogP contribution in [0.2, 0.25) is 0 Å². The zero-order valence-electron chi connectivity index (χ0n) is 13.5. The number of rotatable bonds is 4. The normalized spacial score (nSPS) is 15.8. The third kappa shape index (κ3) is 3.86. The quantitative estimate of drug-likeness (QED) is 0.648. The molecule has 0 aliphatic carbocycles. The number of amides is 2. The van der Waals surface area contributed by atoms with Gasteiger partial charge in [0.25, 0.3) is 15.9 Å². The number of aromatic nitrogens is 1. The van der Waals surface area contributed by atoms with Crippen LogP contribution in [0.4, 0.5) is 0 Å². The minimum atomic E-state index is -3.60. The second-order valence-corrected chi connectivity index (χ2v) is 6.97. The van der Waals surface area contributed by atoms with E-state index in [9.17, 15) is 18.0 Å². The first-order valence-corrected chi connectivity index (χ1v) is 9.11. The van der Waals surface area contributed by atoms with E-state index in [0.29, 0.717) is 11.1 Å². The van der Waals surface area contributed by atoms with Gasteiger partial charge in [-0.25, -0.2) is 8.42 Å². The Labute approximate surface area is 149 Å². The van der Waals surface area contributed by atoms with E-state index >= 15 is 0 Å². The van der Waals surface area contributed by atoms with E-state index in [1.165, 1.54) is 30.6 Å². The molecule has 10 heteroatoms. The average Bonchev–Trinajstić information content (AvgIpc) is 2.91. The fourth-order valence-corrected chi connectivity index (χ4v) is 3.54. The number of fused-ring (bicyclic) bond motifs is 1. The van der Waals surface area contributed by atoms with Crippen LogP contribution in [0.15, 0.2) is 58.7 Å². The Bertz CT molecular complexity index is 973. The summed E-state index contributed by atoms with van der Waals surface area (Å²) in [5.74, 6) is -0.718. The lowest BCUT2D eigenvalue weighted by molar-refractivity contribution is -0.121. The van der Waals surface area contributed by atoms with Crippen LogP contribution >= 0.6 is 0 Å². The molecule has 0 radical (unpaired) electrons. The van der Waals surface area contributed by atoms with Crippen LogP contribution in [0, 0.1) is 0 Å². The van der Waals surface area contributed by atoms with Crippen LogP contribution in [0.25, 0.3) is 0 Å². The van der Waals surface area contributed by atoms with Crippen molar-refractivity contribution >= 4 is 27.7 Å². The topological polar surface area (TPSA) is 130 Å². The number of hydrazine groups is 1. The molecule has 0 saturated heterocycles. The number of pyridine rings is 1. The number of hydrogen-bond acceptors (Lipinski definition) is 6. The molecule has 0 unspecified atom stereocenters. The Kier molecular flexibility index (Phi) is 4.94. The van der Waals surface area contributed by atoms with E-state index in [4.69, 9.17) is 0 Å². The van der Waals surface area contributed by atoms with E-state index in [2.05, 4.69) is 25.6 Å². The lowest BCUT2D eigenvalue weighted by Gasteiger charge is -2.06. The van der Waals surface area contributed by atoms with Crippen molar-refractivity contribution in [2.24, 2.45) is 4.99 Å². The maximum Gasteiger partial charge on any atom is 0.269 e. The number of benzene rings is 1. The van der Waals surface area contributed by atoms with Gasteiger partial charge in [-0.3, -0.25) is 35.1 Å². The summed E-state index contributed by atoms with van der Waals surface area (Å²) < 4.78 is 26.3. The lowest BCUT2D eigenvalue weighted by Crippen LogP contribution is -2.41. The molecule has 3 rings (SSSR count). The van der Waals surface area contributed by atoms with Crippen molar-refractivity contribution in [3.63, 3.8) is 0 Å². The molecular weight excluding hydrogens is 358 g/mol. The summed E-state index contributed by atoms with van der Waals surface area (Å²) in [6.07, 6.45) is 2.91. The molecule has 3 N–H and O–H groups in total. The van der Waals surface area contributed by atoms with Crippen LogP contribution in [0.1, 0.15) is 22.3 Å². The van der Waals surface area contributed by atoms with Crippen molar-refractivity contribution in [3.05, 3.63) is 59.9 Å². The van der Waals surface area contributed by atoms with E-state index in [1.807, 2.05) is 0 Å². The zero-order valence-corrected chi connectivity index (χ0v) is 14.3. The van der Waals surface area contributed by atoms with Crippen molar-refractivity contribution in [3.8, 4) is 0 Å². The SMILES string of the molecule is O=C(CCN=C1NS(=O)(=O)c2ccccc21)NNC(=O)c1ccncc1. The highest BCUT2D eigenvalue weighted by atomic mass is 32.2. The summed E-state index contributed by atoms with van der Waals surface area (Å²) in [6.45, 7) is 0.0587. The van der Waals surface area contributed by atoms with Gasteiger partial charge in [-0.2, -0.15) is 0 Å². The van der Waals surface area contributed by atoms with Gasteiger partial charge >= 0.3 is 0 Å². The zero-order chi connectivity index (χ0) is 18.6. The summed E-state index contributed by atoms with van der Waals surface area (Å²) in [7, 11) is -3.60.